The molecule has 0 aliphatic rings. The van der Waals surface area contributed by atoms with Crippen molar-refractivity contribution in [2.75, 3.05) is 25.7 Å². The van der Waals surface area contributed by atoms with Crippen molar-refractivity contribution in [1.82, 2.24) is 34.3 Å². The molecule has 3 rings (SSSR count). The van der Waals surface area contributed by atoms with Crippen LogP contribution < -0.4 is 252 Å². The minimum absolute atomic E-state index is 0. The topological polar surface area (TPSA) is 314 Å². The van der Waals surface area contributed by atoms with E-state index in [4.69, 9.17) is 0 Å². The molecule has 0 unspecified atom stereocenters. The summed E-state index contributed by atoms with van der Waals surface area (Å²) in [5, 5.41) is 41.3. The number of unbranched alkanes of at least 4 members (excludes halogenated alkanes) is 2. The monoisotopic (exact) mass is 851 g/mol. The van der Waals surface area contributed by atoms with E-state index in [-0.39, 0.29) is 249 Å². The molecule has 0 spiro atoms. The second-order valence-electron chi connectivity index (χ2n) is 10.2. The van der Waals surface area contributed by atoms with Gasteiger partial charge in [0.25, 0.3) is 0 Å². The predicted octanol–water partition coefficient (Wildman–Crippen LogP) is -29.2. The fraction of sp³-hybridized carbons (Fsp3) is 0.385. The molecule has 254 valence electrons. The number of carboxylic acids is 3. The fourth-order valence-corrected chi connectivity index (χ4v) is 5.61. The molecule has 0 N–H and O–H groups in total. The van der Waals surface area contributed by atoms with Gasteiger partial charge in [0.15, 0.2) is 11.6 Å². The molecule has 0 aliphatic carbocycles. The maximum absolute atomic E-state index is 11.3. The third-order valence-corrected chi connectivity index (χ3v) is 7.44. The zero-order valence-electron chi connectivity index (χ0n) is 31.5. The van der Waals surface area contributed by atoms with Crippen LogP contribution in [0.2, 0.25) is 0 Å². The number of nitrogens with zero attached hydrogens (tertiary/aromatic N) is 7. The largest absolute Gasteiger partial charge is 1.00 e. The van der Waals surface area contributed by atoms with E-state index in [1.54, 1.807) is 0 Å². The number of carboxylic acid groups (broad SMARTS) is 3. The molecule has 0 saturated carbocycles. The second-order valence-corrected chi connectivity index (χ2v) is 13.2. The van der Waals surface area contributed by atoms with Gasteiger partial charge >= 0.3 is 207 Å². The summed E-state index contributed by atoms with van der Waals surface area (Å²) < 4.78 is 2.53. The number of carbonyl (C=O) groups is 3. The summed E-state index contributed by atoms with van der Waals surface area (Å²) in [4.78, 5) is 106. The maximum atomic E-state index is 11.3. The molecule has 54 heavy (non-hydrogen) atoms. The fourth-order valence-electron chi connectivity index (χ4n) is 4.23. The molecule has 0 aromatic carbocycles. The molecule has 0 saturated heterocycles. The van der Waals surface area contributed by atoms with Gasteiger partial charge in [0.1, 0.15) is 0 Å². The van der Waals surface area contributed by atoms with E-state index < -0.39 is 59.5 Å². The average Bonchev–Trinajstić information content (AvgIpc) is 3.57. The first-order valence-electron chi connectivity index (χ1n) is 13.6. The molecule has 0 aliphatic heterocycles. The van der Waals surface area contributed by atoms with Gasteiger partial charge in [0.05, 0.1) is 35.9 Å². The van der Waals surface area contributed by atoms with Gasteiger partial charge in [-0.2, -0.15) is 10.2 Å². The molecular formula is C26H26N7Na7O12P2. The van der Waals surface area contributed by atoms with Crippen LogP contribution in [0.5, 0.6) is 0 Å². The molecule has 28 heteroatoms. The van der Waals surface area contributed by atoms with E-state index in [2.05, 4.69) is 27.0 Å². The van der Waals surface area contributed by atoms with Crippen molar-refractivity contribution < 1.29 is 266 Å². The zero-order valence-corrected chi connectivity index (χ0v) is 47.2. The van der Waals surface area contributed by atoms with Crippen LogP contribution in [0.3, 0.4) is 0 Å². The zero-order chi connectivity index (χ0) is 34.8. The molecule has 3 heterocycles. The van der Waals surface area contributed by atoms with Gasteiger partial charge in [0, 0.05) is 56.5 Å². The standard InChI is InChI=1S/C26H33N7O12P2.7Na/c34-24(35)6-4-2-1-3-5-19-11-22(32-9-7-20(28-32)13-30(15-25(36)37)17-46(40,41)42)27-23(12-19)33-10-8-21(29-33)14-31(16-26(38)39)18-47(43,44)45;;;;;;;/h7-12H,1-2,4,6,13-18H2,(H,34,35)(H,36,37)(H,38,39)(H2,40,41,42)(H2,43,44,45);;;;;;;/q;7*+1/p-7. The Hall–Kier alpha value is 3.08. The van der Waals surface area contributed by atoms with Gasteiger partial charge < -0.3 is 59.1 Å². The van der Waals surface area contributed by atoms with Gasteiger partial charge in [0.2, 0.25) is 0 Å². The number of hydrogen-bond acceptors (Lipinski definition) is 17. The minimum atomic E-state index is -5.11. The Morgan fingerprint density at radius 1 is 0.648 bits per heavy atom. The van der Waals surface area contributed by atoms with Crippen LogP contribution in [0, 0.1) is 11.8 Å². The number of hydrogen-bond donors (Lipinski definition) is 0. The summed E-state index contributed by atoms with van der Waals surface area (Å²) in [5.74, 6) is 1.79. The molecule has 0 atom stereocenters. The van der Waals surface area contributed by atoms with Gasteiger partial charge in [-0.15, -0.1) is 15.9 Å². The third kappa shape index (κ3) is 27.8. The van der Waals surface area contributed by atoms with E-state index >= 15 is 0 Å². The third-order valence-electron chi connectivity index (χ3n) is 5.94. The van der Waals surface area contributed by atoms with Crippen LogP contribution >= 0.6 is 15.9 Å². The van der Waals surface area contributed by atoms with Gasteiger partial charge in [-0.1, -0.05) is 11.8 Å². The number of aromatic nitrogens is 5. The molecule has 19 nitrogen and oxygen atoms in total. The van der Waals surface area contributed by atoms with Gasteiger partial charge in [-0.05, 0) is 43.5 Å². The minimum Gasteiger partial charge on any atom is -0.687 e. The average molecular weight is 851 g/mol. The number of aliphatic carboxylic acids is 3. The summed E-state index contributed by atoms with van der Waals surface area (Å²) in [6.07, 6.45) is 1.80. The Balaban J connectivity index is -0.00000114. The number of pyridine rings is 1. The maximum Gasteiger partial charge on any atom is 1.00 e. The summed E-state index contributed by atoms with van der Waals surface area (Å²) in [7, 11) is -10.2. The summed E-state index contributed by atoms with van der Waals surface area (Å²) in [5.41, 5.74) is 0.750. The Kier molecular flexibility index (Phi) is 40.1. The van der Waals surface area contributed by atoms with Crippen LogP contribution in [-0.2, 0) is 27.5 Å². The van der Waals surface area contributed by atoms with Crippen LogP contribution in [0.15, 0.2) is 36.7 Å². The van der Waals surface area contributed by atoms with E-state index in [0.29, 0.717) is 24.8 Å². The smallest absolute Gasteiger partial charge is 0.687 e. The molecule has 0 amide bonds. The van der Waals surface area contributed by atoms with Gasteiger partial charge in [-0.3, -0.25) is 9.80 Å². The Morgan fingerprint density at radius 2 is 1.06 bits per heavy atom. The van der Waals surface area contributed by atoms with Crippen LogP contribution in [0.4, 0.5) is 0 Å². The molecule has 3 aromatic heterocycles. The van der Waals surface area contributed by atoms with E-state index in [1.165, 1.54) is 46.0 Å². The van der Waals surface area contributed by atoms with Crippen molar-refractivity contribution in [3.05, 3.63) is 53.6 Å². The van der Waals surface area contributed by atoms with E-state index in [1.807, 2.05) is 0 Å². The Labute approximate surface area is 467 Å². The van der Waals surface area contributed by atoms with Crippen molar-refractivity contribution in [1.29, 1.82) is 0 Å². The first kappa shape index (κ1) is 66.2. The Bertz CT molecular complexity index is 1540. The van der Waals surface area contributed by atoms with Gasteiger partial charge in [-0.25, -0.2) is 14.3 Å². The SMILES string of the molecule is O=C([O-])CCCCC#Cc1cc(-n2ccc(CN(CC(=O)[O-])C[P+]([O-])([O-])[O-])n2)nc(-n2ccc(CN(CC(=O)[O-])C[P+]([O-])([O-])[O-])n2)c1.[Na+].[Na+].[Na+].[Na+].[Na+].[Na+].[Na+]. The van der Waals surface area contributed by atoms with E-state index in [0.717, 1.165) is 9.80 Å². The number of carbonyl (C=O) groups excluding carboxylic acids is 3. The molecular weight excluding hydrogens is 825 g/mol. The quantitative estimate of drug-likeness (QED) is 0.0496. The predicted molar refractivity (Wildman–Crippen MR) is 143 cm³/mol. The van der Waals surface area contributed by atoms with Crippen LogP contribution in [-0.4, -0.2) is 77.9 Å². The van der Waals surface area contributed by atoms with Crippen LogP contribution in [0.25, 0.3) is 11.6 Å². The van der Waals surface area contributed by atoms with Crippen molar-refractivity contribution in [2.45, 2.75) is 38.8 Å². The normalized spacial score (nSPS) is 10.4. The summed E-state index contributed by atoms with van der Waals surface area (Å²) in [6, 6.07) is 5.93. The molecule has 0 fully saturated rings. The Morgan fingerprint density at radius 3 is 1.41 bits per heavy atom. The van der Waals surface area contributed by atoms with Crippen molar-refractivity contribution in [3.8, 4) is 23.5 Å². The molecule has 3 aromatic rings. The van der Waals surface area contributed by atoms with Crippen molar-refractivity contribution in [2.24, 2.45) is 0 Å². The molecule has 0 bridgehead atoms. The first-order chi connectivity index (χ1) is 22.0. The second kappa shape index (κ2) is 32.7. The molecule has 0 radical (unpaired) electrons. The number of rotatable bonds is 18. The van der Waals surface area contributed by atoms with E-state index in [9.17, 15) is 59.1 Å². The van der Waals surface area contributed by atoms with Crippen LogP contribution in [0.1, 0.15) is 42.6 Å². The van der Waals surface area contributed by atoms with Crippen molar-refractivity contribution in [3.63, 3.8) is 0 Å². The first-order valence-corrected chi connectivity index (χ1v) is 17.1. The summed E-state index contributed by atoms with van der Waals surface area (Å²) >= 11 is 0. The summed E-state index contributed by atoms with van der Waals surface area (Å²) in [6.45, 7) is -2.36. The van der Waals surface area contributed by atoms with Crippen molar-refractivity contribution >= 4 is 33.8 Å².